The van der Waals surface area contributed by atoms with Gasteiger partial charge in [0.1, 0.15) is 6.54 Å². The number of aromatic nitrogens is 2. The van der Waals surface area contributed by atoms with E-state index in [1.165, 1.54) is 13.1 Å². The van der Waals surface area contributed by atoms with E-state index in [2.05, 4.69) is 21.2 Å². The van der Waals surface area contributed by atoms with Gasteiger partial charge in [-0.3, -0.25) is 23.9 Å². The molecule has 0 aliphatic rings. The second-order valence-electron chi connectivity index (χ2n) is 5.34. The number of hydrogen-bond acceptors (Lipinski definition) is 5. The van der Waals surface area contributed by atoms with Crippen molar-refractivity contribution in [2.24, 2.45) is 0 Å². The van der Waals surface area contributed by atoms with Crippen molar-refractivity contribution in [3.63, 3.8) is 0 Å². The maximum Gasteiger partial charge on any atom is 0.328 e. The number of H-pyrrole nitrogens is 1. The molecule has 2 rings (SSSR count). The van der Waals surface area contributed by atoms with Gasteiger partial charge in [0.2, 0.25) is 0 Å². The van der Waals surface area contributed by atoms with Crippen molar-refractivity contribution in [2.75, 3.05) is 5.32 Å². The predicted molar refractivity (Wildman–Crippen MR) is 94.4 cm³/mol. The third-order valence-electron chi connectivity index (χ3n) is 3.26. The van der Waals surface area contributed by atoms with Crippen LogP contribution in [0.15, 0.2) is 44.5 Å². The number of hydrogen-bond donors (Lipinski definition) is 2. The van der Waals surface area contributed by atoms with Crippen molar-refractivity contribution < 1.29 is 14.3 Å². The van der Waals surface area contributed by atoms with Crippen LogP contribution in [-0.2, 0) is 20.9 Å². The summed E-state index contributed by atoms with van der Waals surface area (Å²) in [6.07, 6.45) is 0.121. The molecule has 0 radical (unpaired) electrons. The van der Waals surface area contributed by atoms with Crippen LogP contribution in [0.1, 0.15) is 12.5 Å². The SMILES string of the molecule is Cc1ccc(NC(=O)[C@H](C)OC(=O)Cn2ccc(=O)[nH]c2=O)c(Br)c1. The Labute approximate surface area is 151 Å². The second kappa shape index (κ2) is 7.93. The average Bonchev–Trinajstić information content (AvgIpc) is 2.52. The van der Waals surface area contributed by atoms with E-state index in [1.54, 1.807) is 6.07 Å². The number of carbonyl (C=O) groups excluding carboxylic acids is 2. The zero-order valence-corrected chi connectivity index (χ0v) is 15.1. The first kappa shape index (κ1) is 18.7. The van der Waals surface area contributed by atoms with Gasteiger partial charge in [0, 0.05) is 16.7 Å². The Kier molecular flexibility index (Phi) is 5.92. The Morgan fingerprint density at radius 1 is 1.32 bits per heavy atom. The highest BCUT2D eigenvalue weighted by Gasteiger charge is 2.19. The molecule has 1 aromatic heterocycles. The summed E-state index contributed by atoms with van der Waals surface area (Å²) in [5.41, 5.74) is 0.280. The smallest absolute Gasteiger partial charge is 0.328 e. The van der Waals surface area contributed by atoms with Crippen LogP contribution in [0.3, 0.4) is 0 Å². The van der Waals surface area contributed by atoms with E-state index in [9.17, 15) is 19.2 Å². The van der Waals surface area contributed by atoms with Gasteiger partial charge in [-0.2, -0.15) is 0 Å². The summed E-state index contributed by atoms with van der Waals surface area (Å²) in [5, 5.41) is 2.65. The topological polar surface area (TPSA) is 110 Å². The highest BCUT2D eigenvalue weighted by Crippen LogP contribution is 2.23. The Morgan fingerprint density at radius 3 is 2.68 bits per heavy atom. The molecule has 0 fully saturated rings. The molecule has 1 aromatic carbocycles. The molecule has 0 saturated carbocycles. The van der Waals surface area contributed by atoms with E-state index in [1.807, 2.05) is 24.0 Å². The number of benzene rings is 1. The van der Waals surface area contributed by atoms with Gasteiger partial charge in [-0.15, -0.1) is 0 Å². The number of aryl methyl sites for hydroxylation is 1. The zero-order chi connectivity index (χ0) is 18.6. The number of ether oxygens (including phenoxy) is 1. The van der Waals surface area contributed by atoms with Gasteiger partial charge in [-0.1, -0.05) is 6.07 Å². The molecule has 0 spiro atoms. The van der Waals surface area contributed by atoms with Gasteiger partial charge in [0.25, 0.3) is 11.5 Å². The molecule has 0 aliphatic heterocycles. The normalized spacial score (nSPS) is 11.6. The van der Waals surface area contributed by atoms with E-state index in [-0.39, 0.29) is 0 Å². The molecular formula is C16H16BrN3O5. The van der Waals surface area contributed by atoms with Crippen molar-refractivity contribution in [1.29, 1.82) is 0 Å². The summed E-state index contributed by atoms with van der Waals surface area (Å²) >= 11 is 3.34. The number of rotatable bonds is 5. The minimum absolute atomic E-state index is 0.415. The van der Waals surface area contributed by atoms with Crippen molar-refractivity contribution in [1.82, 2.24) is 9.55 Å². The summed E-state index contributed by atoms with van der Waals surface area (Å²) < 4.78 is 6.70. The summed E-state index contributed by atoms with van der Waals surface area (Å²) in [6.45, 7) is 2.92. The fraction of sp³-hybridized carbons (Fsp3) is 0.250. The van der Waals surface area contributed by atoms with Crippen LogP contribution in [0.2, 0.25) is 0 Å². The highest BCUT2D eigenvalue weighted by molar-refractivity contribution is 9.10. The highest BCUT2D eigenvalue weighted by atomic mass is 79.9. The van der Waals surface area contributed by atoms with Crippen LogP contribution < -0.4 is 16.6 Å². The lowest BCUT2D eigenvalue weighted by Gasteiger charge is -2.15. The van der Waals surface area contributed by atoms with Crippen LogP contribution >= 0.6 is 15.9 Å². The van der Waals surface area contributed by atoms with Gasteiger partial charge < -0.3 is 10.1 Å². The summed E-state index contributed by atoms with van der Waals surface area (Å²) in [5.74, 6) is -1.29. The molecule has 1 amide bonds. The second-order valence-corrected chi connectivity index (χ2v) is 6.20. The van der Waals surface area contributed by atoms with Gasteiger partial charge in [-0.05, 0) is 47.5 Å². The molecule has 0 unspecified atom stereocenters. The van der Waals surface area contributed by atoms with Crippen molar-refractivity contribution in [3.05, 3.63) is 61.3 Å². The molecule has 0 bridgehead atoms. The number of amides is 1. The Balaban J connectivity index is 1.97. The van der Waals surface area contributed by atoms with Crippen molar-refractivity contribution in [2.45, 2.75) is 26.5 Å². The number of halogens is 1. The van der Waals surface area contributed by atoms with E-state index in [0.717, 1.165) is 16.2 Å². The summed E-state index contributed by atoms with van der Waals surface area (Å²) in [7, 11) is 0. The molecular weight excluding hydrogens is 394 g/mol. The zero-order valence-electron chi connectivity index (χ0n) is 13.5. The first-order valence-electron chi connectivity index (χ1n) is 7.32. The van der Waals surface area contributed by atoms with E-state index in [0.29, 0.717) is 10.2 Å². The fourth-order valence-electron chi connectivity index (χ4n) is 1.95. The lowest BCUT2D eigenvalue weighted by atomic mass is 10.2. The molecule has 1 heterocycles. The molecule has 25 heavy (non-hydrogen) atoms. The third-order valence-corrected chi connectivity index (χ3v) is 3.91. The van der Waals surface area contributed by atoms with Crippen molar-refractivity contribution >= 4 is 33.5 Å². The number of anilines is 1. The maximum absolute atomic E-state index is 12.1. The van der Waals surface area contributed by atoms with Crippen LogP contribution in [0.4, 0.5) is 5.69 Å². The number of aromatic amines is 1. The van der Waals surface area contributed by atoms with Crippen LogP contribution in [0, 0.1) is 6.92 Å². The minimum Gasteiger partial charge on any atom is -0.451 e. The first-order valence-corrected chi connectivity index (χ1v) is 8.12. The minimum atomic E-state index is -1.06. The van der Waals surface area contributed by atoms with Gasteiger partial charge in [-0.25, -0.2) is 4.79 Å². The molecule has 0 aliphatic carbocycles. The van der Waals surface area contributed by atoms with E-state index < -0.39 is 35.8 Å². The van der Waals surface area contributed by atoms with Gasteiger partial charge in [0.05, 0.1) is 5.69 Å². The van der Waals surface area contributed by atoms with Gasteiger partial charge in [0.15, 0.2) is 6.10 Å². The molecule has 9 heteroatoms. The lowest BCUT2D eigenvalue weighted by molar-refractivity contribution is -0.153. The molecule has 2 aromatic rings. The first-order chi connectivity index (χ1) is 11.8. The van der Waals surface area contributed by atoms with E-state index >= 15 is 0 Å². The lowest BCUT2D eigenvalue weighted by Crippen LogP contribution is -2.35. The predicted octanol–water partition coefficient (Wildman–Crippen LogP) is 1.18. The van der Waals surface area contributed by atoms with Crippen LogP contribution in [0.5, 0.6) is 0 Å². The number of nitrogens with one attached hydrogen (secondary N) is 2. The molecule has 1 atom stereocenters. The molecule has 132 valence electrons. The molecule has 0 saturated heterocycles. The largest absolute Gasteiger partial charge is 0.451 e. The molecule has 8 nitrogen and oxygen atoms in total. The Bertz CT molecular complexity index is 918. The average molecular weight is 410 g/mol. The third kappa shape index (κ3) is 5.15. The van der Waals surface area contributed by atoms with E-state index in [4.69, 9.17) is 4.74 Å². The quantitative estimate of drug-likeness (QED) is 0.720. The Morgan fingerprint density at radius 2 is 2.04 bits per heavy atom. The van der Waals surface area contributed by atoms with Crippen LogP contribution in [0.25, 0.3) is 0 Å². The standard InChI is InChI=1S/C16H16BrN3O5/c1-9-3-4-12(11(17)7-9)18-15(23)10(2)25-14(22)8-20-6-5-13(21)19-16(20)24/h3-7,10H,8H2,1-2H3,(H,18,23)(H,19,21,24)/t10-/m0/s1. The molecule has 2 N–H and O–H groups in total. The summed E-state index contributed by atoms with van der Waals surface area (Å²) in [4.78, 5) is 48.5. The number of carbonyl (C=O) groups is 2. The van der Waals surface area contributed by atoms with Gasteiger partial charge >= 0.3 is 11.7 Å². The summed E-state index contributed by atoms with van der Waals surface area (Å²) in [6, 6.07) is 6.51. The fourth-order valence-corrected chi connectivity index (χ4v) is 2.54. The van der Waals surface area contributed by atoms with Crippen LogP contribution in [-0.4, -0.2) is 27.5 Å². The number of nitrogens with zero attached hydrogens (tertiary/aromatic N) is 1. The van der Waals surface area contributed by atoms with Crippen molar-refractivity contribution in [3.8, 4) is 0 Å². The maximum atomic E-state index is 12.1. The monoisotopic (exact) mass is 409 g/mol. The number of esters is 1. The Hall–Kier alpha value is -2.68.